The van der Waals surface area contributed by atoms with Crippen molar-refractivity contribution in [1.29, 1.82) is 0 Å². The number of halogens is 4. The van der Waals surface area contributed by atoms with Crippen molar-refractivity contribution >= 4 is 28.8 Å². The third kappa shape index (κ3) is 6.31. The molecule has 37 heavy (non-hydrogen) atoms. The van der Waals surface area contributed by atoms with Crippen LogP contribution in [0.4, 0.5) is 23.2 Å². The first-order valence-corrected chi connectivity index (χ1v) is 10.8. The number of alkyl halides is 3. The van der Waals surface area contributed by atoms with E-state index in [1.807, 2.05) is 0 Å². The number of hydrogen-bond acceptors (Lipinski definition) is 5. The Labute approximate surface area is 209 Å². The summed E-state index contributed by atoms with van der Waals surface area (Å²) in [5, 5.41) is 4.99. The maximum absolute atomic E-state index is 13.6. The highest BCUT2D eigenvalue weighted by Gasteiger charge is 2.34. The van der Waals surface area contributed by atoms with Crippen LogP contribution < -0.4 is 22.1 Å². The summed E-state index contributed by atoms with van der Waals surface area (Å²) >= 11 is 0. The minimum atomic E-state index is -4.94. The molecule has 0 aliphatic carbocycles. The van der Waals surface area contributed by atoms with Crippen LogP contribution in [0.5, 0.6) is 0 Å². The Morgan fingerprint density at radius 1 is 1.00 bits per heavy atom. The van der Waals surface area contributed by atoms with E-state index in [-0.39, 0.29) is 28.5 Å². The van der Waals surface area contributed by atoms with Crippen LogP contribution in [0.25, 0.3) is 11.3 Å². The Morgan fingerprint density at radius 2 is 1.73 bits per heavy atom. The number of aryl methyl sites for hydroxylation is 1. The number of nitrogens with one attached hydrogen (secondary N) is 2. The minimum Gasteiger partial charge on any atom is -0.404 e. The number of carbonyl (C=O) groups is 2. The lowest BCUT2D eigenvalue weighted by Gasteiger charge is -2.13. The van der Waals surface area contributed by atoms with E-state index in [1.54, 1.807) is 43.3 Å². The van der Waals surface area contributed by atoms with Crippen molar-refractivity contribution in [3.05, 3.63) is 106 Å². The smallest absolute Gasteiger partial charge is 0.404 e. The van der Waals surface area contributed by atoms with Crippen LogP contribution >= 0.6 is 0 Å². The van der Waals surface area contributed by atoms with Crippen molar-refractivity contribution in [3.8, 4) is 0 Å². The number of aromatic nitrogens is 1. The quantitative estimate of drug-likeness (QED) is 0.286. The number of rotatable bonds is 6. The molecule has 11 heteroatoms. The molecular weight excluding hydrogens is 490 g/mol. The summed E-state index contributed by atoms with van der Waals surface area (Å²) in [5.74, 6) is -2.71. The van der Waals surface area contributed by atoms with Gasteiger partial charge in [0.25, 0.3) is 11.8 Å². The second-order valence-corrected chi connectivity index (χ2v) is 7.91. The van der Waals surface area contributed by atoms with E-state index in [0.717, 1.165) is 11.6 Å². The van der Waals surface area contributed by atoms with E-state index in [1.165, 1.54) is 19.4 Å². The molecule has 3 rings (SSSR count). The molecule has 0 aliphatic heterocycles. The van der Waals surface area contributed by atoms with Crippen molar-refractivity contribution < 1.29 is 27.2 Å². The molecule has 7 nitrogen and oxygen atoms in total. The number of benzene rings is 2. The van der Waals surface area contributed by atoms with Gasteiger partial charge in [0.1, 0.15) is 11.5 Å². The minimum absolute atomic E-state index is 0.182. The number of nitrogens with zero attached hydrogens (tertiary/aromatic N) is 1. The molecule has 2 aromatic carbocycles. The molecule has 0 saturated heterocycles. The molecule has 0 bridgehead atoms. The number of pyridine rings is 1. The third-order valence-electron chi connectivity index (χ3n) is 5.38. The van der Waals surface area contributed by atoms with E-state index in [0.29, 0.717) is 28.8 Å². The van der Waals surface area contributed by atoms with Crippen LogP contribution in [0.2, 0.25) is 0 Å². The molecule has 3 aromatic rings. The highest BCUT2D eigenvalue weighted by atomic mass is 19.4. The Balaban J connectivity index is 1.90. The molecule has 0 unspecified atom stereocenters. The fraction of sp³-hybridized carbons (Fsp3) is 0.115. The maximum Gasteiger partial charge on any atom is 0.419 e. The van der Waals surface area contributed by atoms with Gasteiger partial charge in [-0.15, -0.1) is 0 Å². The lowest BCUT2D eigenvalue weighted by Crippen LogP contribution is -2.19. The van der Waals surface area contributed by atoms with Gasteiger partial charge in [0.15, 0.2) is 0 Å². The van der Waals surface area contributed by atoms with E-state index >= 15 is 0 Å². The molecule has 2 amide bonds. The third-order valence-corrected chi connectivity index (χ3v) is 5.38. The molecule has 0 aliphatic rings. The average molecular weight is 513 g/mol. The summed E-state index contributed by atoms with van der Waals surface area (Å²) in [5.41, 5.74) is 13.3. The van der Waals surface area contributed by atoms with E-state index < -0.39 is 23.5 Å². The van der Waals surface area contributed by atoms with E-state index in [2.05, 4.69) is 15.6 Å². The molecule has 6 N–H and O–H groups in total. The summed E-state index contributed by atoms with van der Waals surface area (Å²) in [6.07, 6.45) is -0.606. The Kier molecular flexibility index (Phi) is 7.96. The first kappa shape index (κ1) is 26.9. The van der Waals surface area contributed by atoms with E-state index in [4.69, 9.17) is 11.5 Å². The monoisotopic (exact) mass is 513 g/mol. The van der Waals surface area contributed by atoms with Gasteiger partial charge in [-0.25, -0.2) is 4.39 Å². The summed E-state index contributed by atoms with van der Waals surface area (Å²) in [4.78, 5) is 28.5. The predicted octanol–water partition coefficient (Wildman–Crippen LogP) is 4.46. The Morgan fingerprint density at radius 3 is 2.38 bits per heavy atom. The molecule has 192 valence electrons. The maximum atomic E-state index is 13.6. The molecule has 0 fully saturated rings. The zero-order chi connectivity index (χ0) is 27.3. The van der Waals surface area contributed by atoms with Crippen LogP contribution in [0, 0.1) is 12.7 Å². The topological polar surface area (TPSA) is 123 Å². The van der Waals surface area contributed by atoms with Gasteiger partial charge in [-0.05, 0) is 72.2 Å². The number of nitrogens with two attached hydrogens (primary N) is 2. The van der Waals surface area contributed by atoms with Crippen LogP contribution in [0.3, 0.4) is 0 Å². The second kappa shape index (κ2) is 10.9. The molecular formula is C26H23F4N5O2. The summed E-state index contributed by atoms with van der Waals surface area (Å²) < 4.78 is 52.6. The van der Waals surface area contributed by atoms with Crippen LogP contribution in [0.15, 0.2) is 67.0 Å². The summed E-state index contributed by atoms with van der Waals surface area (Å²) in [6.45, 7) is 1.78. The van der Waals surface area contributed by atoms with Gasteiger partial charge in [-0.2, -0.15) is 13.2 Å². The number of amides is 2. The van der Waals surface area contributed by atoms with Crippen molar-refractivity contribution in [1.82, 2.24) is 10.3 Å². The van der Waals surface area contributed by atoms with Gasteiger partial charge in [-0.3, -0.25) is 14.6 Å². The molecule has 0 spiro atoms. The van der Waals surface area contributed by atoms with E-state index in [9.17, 15) is 27.2 Å². The van der Waals surface area contributed by atoms with Crippen LogP contribution in [-0.4, -0.2) is 23.8 Å². The number of anilines is 1. The largest absolute Gasteiger partial charge is 0.419 e. The lowest BCUT2D eigenvalue weighted by molar-refractivity contribution is -0.140. The Bertz CT molecular complexity index is 1410. The number of carbonyl (C=O) groups excluding carboxylic acids is 2. The Hall–Kier alpha value is -4.67. The van der Waals surface area contributed by atoms with Crippen molar-refractivity contribution in [3.63, 3.8) is 0 Å². The van der Waals surface area contributed by atoms with Crippen LogP contribution in [-0.2, 0) is 6.18 Å². The van der Waals surface area contributed by atoms with Crippen molar-refractivity contribution in [2.75, 3.05) is 12.4 Å². The van der Waals surface area contributed by atoms with Crippen molar-refractivity contribution in [2.24, 2.45) is 11.5 Å². The molecule has 0 atom stereocenters. The van der Waals surface area contributed by atoms with Crippen LogP contribution in [0.1, 0.15) is 43.1 Å². The number of allylic oxidation sites excluding steroid dienone is 2. The fourth-order valence-electron chi connectivity index (χ4n) is 3.43. The zero-order valence-electron chi connectivity index (χ0n) is 19.8. The summed E-state index contributed by atoms with van der Waals surface area (Å²) in [6, 6.07) is 9.96. The zero-order valence-corrected chi connectivity index (χ0v) is 19.8. The molecule has 0 radical (unpaired) electrons. The van der Waals surface area contributed by atoms with Crippen molar-refractivity contribution in [2.45, 2.75) is 13.1 Å². The highest BCUT2D eigenvalue weighted by molar-refractivity contribution is 6.04. The van der Waals surface area contributed by atoms with Gasteiger partial charge < -0.3 is 22.1 Å². The number of hydrogen-bond donors (Lipinski definition) is 4. The van der Waals surface area contributed by atoms with Gasteiger partial charge in [0.05, 0.1) is 5.56 Å². The van der Waals surface area contributed by atoms with Gasteiger partial charge in [0.2, 0.25) is 0 Å². The first-order valence-electron chi connectivity index (χ1n) is 10.8. The summed E-state index contributed by atoms with van der Waals surface area (Å²) in [7, 11) is 1.48. The second-order valence-electron chi connectivity index (χ2n) is 7.91. The molecule has 1 heterocycles. The fourth-order valence-corrected chi connectivity index (χ4v) is 3.43. The average Bonchev–Trinajstić information content (AvgIpc) is 2.87. The van der Waals surface area contributed by atoms with Gasteiger partial charge in [-0.1, -0.05) is 6.07 Å². The lowest BCUT2D eigenvalue weighted by atomic mass is 10.00. The highest BCUT2D eigenvalue weighted by Crippen LogP contribution is 2.32. The first-order chi connectivity index (χ1) is 17.4. The molecule has 0 saturated carbocycles. The SMILES string of the molecule is CNC(=O)c1cc(C(/C=C(\N)c2cc(NC(=O)c3ccc(F)c(C(F)(F)F)c3)ccc2C)=C/N)ccn1. The van der Waals surface area contributed by atoms with Gasteiger partial charge in [0, 0.05) is 42.0 Å². The molecule has 1 aromatic heterocycles. The van der Waals surface area contributed by atoms with Gasteiger partial charge >= 0.3 is 6.18 Å². The predicted molar refractivity (Wildman–Crippen MR) is 132 cm³/mol. The standard InChI is InChI=1S/C26H23F4N5O2/c1-14-3-5-18(35-24(36)16-4-6-21(27)20(9-16)26(28,29)30)12-19(14)22(32)10-17(13-31)15-7-8-34-23(11-15)25(37)33-2/h3-13H,31-32H2,1-2H3,(H,33,37)(H,35,36)/b17-13+,22-10-. The normalized spacial score (nSPS) is 12.3.